The third-order valence-corrected chi connectivity index (χ3v) is 5.59. The molecule has 26 heavy (non-hydrogen) atoms. The fraction of sp³-hybridized carbons (Fsp3) is 0.364. The Morgan fingerprint density at radius 3 is 2.58 bits per heavy atom. The van der Waals surface area contributed by atoms with E-state index < -0.39 is 0 Å². The maximum Gasteiger partial charge on any atom is 0.221 e. The summed E-state index contributed by atoms with van der Waals surface area (Å²) in [6, 6.07) is 16.9. The lowest BCUT2D eigenvalue weighted by molar-refractivity contribution is -0.122. The van der Waals surface area contributed by atoms with Crippen LogP contribution in [-0.4, -0.2) is 11.0 Å². The van der Waals surface area contributed by atoms with Crippen LogP contribution in [0.5, 0.6) is 5.75 Å². The molecule has 0 unspecified atom stereocenters. The highest BCUT2D eigenvalue weighted by Gasteiger charge is 2.46. The molecular formula is C22H22N2O2. The number of hydrogen-bond donors (Lipinski definition) is 2. The van der Waals surface area contributed by atoms with Gasteiger partial charge in [-0.2, -0.15) is 5.26 Å². The van der Waals surface area contributed by atoms with Gasteiger partial charge in [0.25, 0.3) is 0 Å². The van der Waals surface area contributed by atoms with E-state index in [1.54, 1.807) is 18.2 Å². The quantitative estimate of drug-likeness (QED) is 0.832. The zero-order chi connectivity index (χ0) is 18.1. The predicted octanol–water partition coefficient (Wildman–Crippen LogP) is 3.95. The molecule has 0 aromatic heterocycles. The van der Waals surface area contributed by atoms with Crippen LogP contribution in [0.2, 0.25) is 0 Å². The van der Waals surface area contributed by atoms with E-state index in [0.717, 1.165) is 36.8 Å². The topological polar surface area (TPSA) is 73.1 Å². The van der Waals surface area contributed by atoms with Crippen molar-refractivity contribution >= 4 is 5.91 Å². The molecule has 0 radical (unpaired) electrons. The molecule has 2 aromatic carbocycles. The summed E-state index contributed by atoms with van der Waals surface area (Å²) in [6.07, 6.45) is 4.62. The van der Waals surface area contributed by atoms with Crippen molar-refractivity contribution in [2.45, 2.75) is 43.6 Å². The summed E-state index contributed by atoms with van der Waals surface area (Å²) >= 11 is 0. The summed E-state index contributed by atoms with van der Waals surface area (Å²) in [5.41, 5.74) is 2.48. The average Bonchev–Trinajstić information content (AvgIpc) is 3.56. The smallest absolute Gasteiger partial charge is 0.221 e. The number of benzene rings is 2. The number of phenols is 1. The lowest BCUT2D eigenvalue weighted by Gasteiger charge is -2.21. The van der Waals surface area contributed by atoms with E-state index in [2.05, 4.69) is 11.4 Å². The number of hydrogen-bond acceptors (Lipinski definition) is 3. The molecule has 4 nitrogen and oxygen atoms in total. The molecule has 132 valence electrons. The Morgan fingerprint density at radius 2 is 1.96 bits per heavy atom. The Kier molecular flexibility index (Phi) is 4.16. The van der Waals surface area contributed by atoms with Crippen molar-refractivity contribution in [3.8, 4) is 11.8 Å². The minimum atomic E-state index is -0.299. The van der Waals surface area contributed by atoms with Gasteiger partial charge in [-0.3, -0.25) is 4.79 Å². The average molecular weight is 346 g/mol. The Balaban J connectivity index is 1.47. The minimum Gasteiger partial charge on any atom is -0.508 e. The summed E-state index contributed by atoms with van der Waals surface area (Å²) in [5.74, 6) is 1.08. The first-order chi connectivity index (χ1) is 12.6. The number of rotatable bonds is 6. The van der Waals surface area contributed by atoms with Crippen LogP contribution in [0.4, 0.5) is 0 Å². The molecule has 0 bridgehead atoms. The van der Waals surface area contributed by atoms with E-state index in [0.29, 0.717) is 17.9 Å². The van der Waals surface area contributed by atoms with E-state index in [4.69, 9.17) is 5.26 Å². The van der Waals surface area contributed by atoms with Gasteiger partial charge in [-0.1, -0.05) is 24.3 Å². The highest BCUT2D eigenvalue weighted by molar-refractivity contribution is 5.78. The second-order valence-corrected chi connectivity index (χ2v) is 7.56. The number of phenolic OH excluding ortho intramolecular Hbond substituents is 1. The molecule has 4 heteroatoms. The van der Waals surface area contributed by atoms with Gasteiger partial charge in [0, 0.05) is 6.42 Å². The summed E-state index contributed by atoms with van der Waals surface area (Å²) in [6.45, 7) is 0. The molecule has 4 rings (SSSR count). The molecule has 1 atom stereocenters. The molecule has 2 N–H and O–H groups in total. The van der Waals surface area contributed by atoms with Crippen molar-refractivity contribution < 1.29 is 9.90 Å². The van der Waals surface area contributed by atoms with Crippen molar-refractivity contribution in [3.05, 3.63) is 65.2 Å². The molecule has 0 aliphatic heterocycles. The zero-order valence-electron chi connectivity index (χ0n) is 14.6. The molecule has 0 saturated heterocycles. The molecule has 1 amide bonds. The third-order valence-electron chi connectivity index (χ3n) is 5.59. The Morgan fingerprint density at radius 1 is 1.23 bits per heavy atom. The van der Waals surface area contributed by atoms with Crippen LogP contribution in [0.3, 0.4) is 0 Å². The first kappa shape index (κ1) is 16.7. The largest absolute Gasteiger partial charge is 0.508 e. The molecular weight excluding hydrogens is 324 g/mol. The van der Waals surface area contributed by atoms with Gasteiger partial charge in [-0.25, -0.2) is 0 Å². The molecule has 2 fully saturated rings. The number of aromatic hydroxyl groups is 1. The van der Waals surface area contributed by atoms with Crippen molar-refractivity contribution in [2.24, 2.45) is 5.92 Å². The summed E-state index contributed by atoms with van der Waals surface area (Å²) in [5, 5.41) is 21.8. The number of carbonyl (C=O) groups is 1. The first-order valence-electron chi connectivity index (χ1n) is 9.20. The molecule has 2 aromatic rings. The monoisotopic (exact) mass is 346 g/mol. The Bertz CT molecular complexity index is 858. The van der Waals surface area contributed by atoms with E-state index in [9.17, 15) is 9.90 Å². The first-order valence-corrected chi connectivity index (χ1v) is 9.20. The van der Waals surface area contributed by atoms with Crippen LogP contribution in [0.25, 0.3) is 0 Å². The van der Waals surface area contributed by atoms with E-state index >= 15 is 0 Å². The van der Waals surface area contributed by atoms with E-state index in [-0.39, 0.29) is 23.1 Å². The van der Waals surface area contributed by atoms with Crippen LogP contribution in [0.15, 0.2) is 48.5 Å². The number of amides is 1. The Hall–Kier alpha value is -2.80. The van der Waals surface area contributed by atoms with Gasteiger partial charge in [0.05, 0.1) is 17.2 Å². The normalized spacial score (nSPS) is 18.6. The molecule has 2 aliphatic carbocycles. The van der Waals surface area contributed by atoms with Crippen molar-refractivity contribution in [3.63, 3.8) is 0 Å². The van der Waals surface area contributed by atoms with Crippen LogP contribution >= 0.6 is 0 Å². The molecule has 2 saturated carbocycles. The fourth-order valence-electron chi connectivity index (χ4n) is 3.79. The SMILES string of the molecule is N#Cc1cccc(C2(NC(=O)C[C@H](c3ccc(O)cc3)C3CC3)CC2)c1. The second-order valence-electron chi connectivity index (χ2n) is 7.56. The van der Waals surface area contributed by atoms with Crippen molar-refractivity contribution in [1.82, 2.24) is 5.32 Å². The van der Waals surface area contributed by atoms with Crippen LogP contribution in [-0.2, 0) is 10.3 Å². The summed E-state index contributed by atoms with van der Waals surface area (Å²) in [7, 11) is 0. The van der Waals surface area contributed by atoms with Crippen LogP contribution in [0, 0.1) is 17.2 Å². The van der Waals surface area contributed by atoms with Gasteiger partial charge in [0.1, 0.15) is 5.75 Å². The van der Waals surface area contributed by atoms with Gasteiger partial charge in [0.15, 0.2) is 0 Å². The highest BCUT2D eigenvalue weighted by atomic mass is 16.3. The molecule has 0 spiro atoms. The number of nitriles is 1. The van der Waals surface area contributed by atoms with E-state index in [1.165, 1.54) is 0 Å². The number of nitrogens with zero attached hydrogens (tertiary/aromatic N) is 1. The fourth-order valence-corrected chi connectivity index (χ4v) is 3.79. The maximum atomic E-state index is 12.8. The number of nitrogens with one attached hydrogen (secondary N) is 1. The molecule has 2 aliphatic rings. The summed E-state index contributed by atoms with van der Waals surface area (Å²) in [4.78, 5) is 12.8. The van der Waals surface area contributed by atoms with Crippen LogP contribution < -0.4 is 5.32 Å². The predicted molar refractivity (Wildman–Crippen MR) is 98.4 cm³/mol. The third kappa shape index (κ3) is 3.43. The standard InChI is InChI=1S/C22H22N2O2/c23-14-15-2-1-3-18(12-15)22(10-11-22)24-21(26)13-20(16-4-5-16)17-6-8-19(25)9-7-17/h1-3,6-9,12,16,20,25H,4-5,10-11,13H2,(H,24,26)/t20-/m0/s1. The van der Waals surface area contributed by atoms with Gasteiger partial charge in [-0.05, 0) is 72.9 Å². The van der Waals surface area contributed by atoms with Gasteiger partial charge in [-0.15, -0.1) is 0 Å². The van der Waals surface area contributed by atoms with Crippen LogP contribution in [0.1, 0.15) is 54.7 Å². The zero-order valence-corrected chi connectivity index (χ0v) is 14.6. The lowest BCUT2D eigenvalue weighted by Crippen LogP contribution is -2.35. The highest BCUT2D eigenvalue weighted by Crippen LogP contribution is 2.47. The maximum absolute atomic E-state index is 12.8. The minimum absolute atomic E-state index is 0.0647. The van der Waals surface area contributed by atoms with E-state index in [1.807, 2.05) is 30.3 Å². The summed E-state index contributed by atoms with van der Waals surface area (Å²) < 4.78 is 0. The van der Waals surface area contributed by atoms with Crippen molar-refractivity contribution in [1.29, 1.82) is 5.26 Å². The van der Waals surface area contributed by atoms with Gasteiger partial charge in [0.2, 0.25) is 5.91 Å². The second kappa shape index (κ2) is 6.49. The van der Waals surface area contributed by atoms with Gasteiger partial charge < -0.3 is 10.4 Å². The van der Waals surface area contributed by atoms with Crippen molar-refractivity contribution in [2.75, 3.05) is 0 Å². The number of carbonyl (C=O) groups excluding carboxylic acids is 1. The molecule has 0 heterocycles. The Labute approximate surface area is 153 Å². The van der Waals surface area contributed by atoms with Gasteiger partial charge >= 0.3 is 0 Å². The lowest BCUT2D eigenvalue weighted by atomic mass is 9.90.